The Kier molecular flexibility index (Phi) is 5.35. The van der Waals surface area contributed by atoms with Crippen LogP contribution in [-0.4, -0.2) is 51.4 Å². The molecular formula is C12H20N4O3. The molecule has 0 aromatic carbocycles. The molecule has 1 unspecified atom stereocenters. The zero-order valence-corrected chi connectivity index (χ0v) is 11.5. The Labute approximate surface area is 112 Å². The molecule has 0 saturated heterocycles. The number of carboxylic acids is 1. The van der Waals surface area contributed by atoms with E-state index in [2.05, 4.69) is 10.4 Å². The zero-order chi connectivity index (χ0) is 14.4. The number of aryl methyl sites for hydroxylation is 1. The number of amides is 2. The fraction of sp³-hybridized carbons (Fsp3) is 0.583. The van der Waals surface area contributed by atoms with E-state index in [1.54, 1.807) is 17.8 Å². The molecule has 0 aliphatic rings. The smallest absolute Gasteiger partial charge is 0.326 e. The van der Waals surface area contributed by atoms with Crippen molar-refractivity contribution in [1.82, 2.24) is 20.0 Å². The fourth-order valence-electron chi connectivity index (χ4n) is 1.82. The first-order valence-electron chi connectivity index (χ1n) is 6.17. The van der Waals surface area contributed by atoms with Crippen molar-refractivity contribution < 1.29 is 14.7 Å². The Hall–Kier alpha value is -2.05. The molecule has 7 nitrogen and oxygen atoms in total. The minimum atomic E-state index is -0.994. The van der Waals surface area contributed by atoms with Gasteiger partial charge in [-0.05, 0) is 12.5 Å². The Morgan fingerprint density at radius 1 is 1.58 bits per heavy atom. The highest BCUT2D eigenvalue weighted by molar-refractivity contribution is 5.82. The number of nitrogens with zero attached hydrogens (tertiary/aromatic N) is 3. The van der Waals surface area contributed by atoms with E-state index < -0.39 is 12.0 Å². The van der Waals surface area contributed by atoms with Crippen LogP contribution in [0.25, 0.3) is 0 Å². The number of aromatic nitrogens is 2. The van der Waals surface area contributed by atoms with Gasteiger partial charge in [0.05, 0.1) is 0 Å². The zero-order valence-electron chi connectivity index (χ0n) is 11.5. The van der Waals surface area contributed by atoms with E-state index >= 15 is 0 Å². The van der Waals surface area contributed by atoms with Gasteiger partial charge >= 0.3 is 12.0 Å². The van der Waals surface area contributed by atoms with E-state index in [-0.39, 0.29) is 6.03 Å². The lowest BCUT2D eigenvalue weighted by Crippen LogP contribution is -2.47. The maximum Gasteiger partial charge on any atom is 0.326 e. The van der Waals surface area contributed by atoms with Crippen LogP contribution in [0.3, 0.4) is 0 Å². The van der Waals surface area contributed by atoms with Gasteiger partial charge in [0.15, 0.2) is 0 Å². The molecule has 0 bridgehead atoms. The van der Waals surface area contributed by atoms with Gasteiger partial charge in [-0.3, -0.25) is 4.68 Å². The van der Waals surface area contributed by atoms with Gasteiger partial charge in [-0.15, -0.1) is 0 Å². The molecule has 0 saturated carbocycles. The van der Waals surface area contributed by atoms with Crippen molar-refractivity contribution in [2.24, 2.45) is 7.05 Å². The molecule has 0 aliphatic carbocycles. The van der Waals surface area contributed by atoms with Crippen LogP contribution >= 0.6 is 0 Å². The Balaban J connectivity index is 2.42. The molecule has 2 amide bonds. The highest BCUT2D eigenvalue weighted by atomic mass is 16.4. The lowest BCUT2D eigenvalue weighted by molar-refractivity contribution is -0.141. The van der Waals surface area contributed by atoms with Crippen molar-refractivity contribution in [3.8, 4) is 0 Å². The second kappa shape index (κ2) is 6.77. The predicted molar refractivity (Wildman–Crippen MR) is 69.8 cm³/mol. The highest BCUT2D eigenvalue weighted by Crippen LogP contribution is 2.02. The van der Waals surface area contributed by atoms with Gasteiger partial charge in [-0.2, -0.15) is 5.10 Å². The number of carbonyl (C=O) groups excluding carboxylic acids is 1. The molecule has 19 heavy (non-hydrogen) atoms. The summed E-state index contributed by atoms with van der Waals surface area (Å²) in [5.74, 6) is -0.994. The number of aliphatic carboxylic acids is 1. The molecule has 7 heteroatoms. The first-order chi connectivity index (χ1) is 8.97. The summed E-state index contributed by atoms with van der Waals surface area (Å²) in [4.78, 5) is 24.0. The van der Waals surface area contributed by atoms with Gasteiger partial charge in [-0.1, -0.05) is 6.92 Å². The number of hydrogen-bond donors (Lipinski definition) is 2. The lowest BCUT2D eigenvalue weighted by atomic mass is 10.2. The second-order valence-corrected chi connectivity index (χ2v) is 4.30. The largest absolute Gasteiger partial charge is 0.480 e. The van der Waals surface area contributed by atoms with Crippen molar-refractivity contribution in [3.63, 3.8) is 0 Å². The Morgan fingerprint density at radius 3 is 2.74 bits per heavy atom. The van der Waals surface area contributed by atoms with E-state index in [9.17, 15) is 9.59 Å². The summed E-state index contributed by atoms with van der Waals surface area (Å²) in [6, 6.07) is 0.704. The van der Waals surface area contributed by atoms with Gasteiger partial charge in [-0.25, -0.2) is 9.59 Å². The van der Waals surface area contributed by atoms with Gasteiger partial charge in [0, 0.05) is 39.0 Å². The third kappa shape index (κ3) is 3.97. The first-order valence-corrected chi connectivity index (χ1v) is 6.17. The van der Waals surface area contributed by atoms with Gasteiger partial charge < -0.3 is 15.3 Å². The van der Waals surface area contributed by atoms with Crippen molar-refractivity contribution in [3.05, 3.63) is 18.0 Å². The number of urea groups is 1. The topological polar surface area (TPSA) is 87.5 Å². The summed E-state index contributed by atoms with van der Waals surface area (Å²) in [6.07, 6.45) is 2.72. The van der Waals surface area contributed by atoms with Crippen LogP contribution in [0, 0.1) is 0 Å². The molecule has 1 rings (SSSR count). The van der Waals surface area contributed by atoms with E-state index in [1.165, 1.54) is 11.9 Å². The average molecular weight is 268 g/mol. The fourth-order valence-corrected chi connectivity index (χ4v) is 1.82. The Morgan fingerprint density at radius 2 is 2.26 bits per heavy atom. The third-order valence-corrected chi connectivity index (χ3v) is 3.04. The molecule has 1 atom stereocenters. The van der Waals surface area contributed by atoms with Crippen LogP contribution < -0.4 is 5.32 Å². The first kappa shape index (κ1) is 15.0. The van der Waals surface area contributed by atoms with Crippen LogP contribution in [0.1, 0.15) is 19.0 Å². The monoisotopic (exact) mass is 268 g/mol. The number of rotatable bonds is 6. The summed E-state index contributed by atoms with van der Waals surface area (Å²) < 4.78 is 1.74. The van der Waals surface area contributed by atoms with Crippen molar-refractivity contribution >= 4 is 12.0 Å². The molecule has 0 radical (unpaired) electrons. The summed E-state index contributed by atoms with van der Waals surface area (Å²) in [5.41, 5.74) is 1.01. The number of carboxylic acid groups (broad SMARTS) is 1. The van der Waals surface area contributed by atoms with E-state index in [4.69, 9.17) is 5.11 Å². The van der Waals surface area contributed by atoms with Crippen LogP contribution in [-0.2, 0) is 18.3 Å². The van der Waals surface area contributed by atoms with Crippen LogP contribution in [0.15, 0.2) is 12.3 Å². The summed E-state index contributed by atoms with van der Waals surface area (Å²) in [5, 5.41) is 15.7. The number of hydrogen-bond acceptors (Lipinski definition) is 3. The highest BCUT2D eigenvalue weighted by Gasteiger charge is 2.24. The second-order valence-electron chi connectivity index (χ2n) is 4.30. The van der Waals surface area contributed by atoms with Crippen molar-refractivity contribution in [2.75, 3.05) is 13.6 Å². The van der Waals surface area contributed by atoms with Crippen molar-refractivity contribution in [1.29, 1.82) is 0 Å². The van der Waals surface area contributed by atoms with Gasteiger partial charge in [0.2, 0.25) is 0 Å². The molecule has 1 heterocycles. The molecule has 0 fully saturated rings. The SMILES string of the molecule is CCC(C(=O)O)N(C)C(=O)NCCc1ccnn1C. The molecule has 2 N–H and O–H groups in total. The average Bonchev–Trinajstić information content (AvgIpc) is 2.75. The molecule has 0 spiro atoms. The number of likely N-dealkylation sites (N-methyl/N-ethyl adjacent to an activating group) is 1. The van der Waals surface area contributed by atoms with Crippen LogP contribution in [0.4, 0.5) is 4.79 Å². The maximum absolute atomic E-state index is 11.8. The maximum atomic E-state index is 11.8. The van der Waals surface area contributed by atoms with Crippen LogP contribution in [0.2, 0.25) is 0 Å². The summed E-state index contributed by atoms with van der Waals surface area (Å²) in [6.45, 7) is 2.18. The van der Waals surface area contributed by atoms with E-state index in [1.807, 2.05) is 13.1 Å². The number of nitrogens with one attached hydrogen (secondary N) is 1. The van der Waals surface area contributed by atoms with E-state index in [0.717, 1.165) is 5.69 Å². The number of carbonyl (C=O) groups is 2. The normalized spacial score (nSPS) is 11.9. The third-order valence-electron chi connectivity index (χ3n) is 3.04. The quantitative estimate of drug-likeness (QED) is 0.785. The molecule has 0 aliphatic heterocycles. The summed E-state index contributed by atoms with van der Waals surface area (Å²) in [7, 11) is 3.32. The minimum Gasteiger partial charge on any atom is -0.480 e. The van der Waals surface area contributed by atoms with E-state index in [0.29, 0.717) is 19.4 Å². The summed E-state index contributed by atoms with van der Waals surface area (Å²) >= 11 is 0. The van der Waals surface area contributed by atoms with Gasteiger partial charge in [0.1, 0.15) is 6.04 Å². The molecule has 1 aromatic heterocycles. The van der Waals surface area contributed by atoms with Gasteiger partial charge in [0.25, 0.3) is 0 Å². The van der Waals surface area contributed by atoms with Crippen LogP contribution in [0.5, 0.6) is 0 Å². The minimum absolute atomic E-state index is 0.376. The molecule has 106 valence electrons. The Bertz CT molecular complexity index is 444. The lowest BCUT2D eigenvalue weighted by Gasteiger charge is -2.23. The molecular weight excluding hydrogens is 248 g/mol. The standard InChI is InChI=1S/C12H20N4O3/c1-4-10(11(17)18)15(2)12(19)13-7-5-9-6-8-14-16(9)3/h6,8,10H,4-5,7H2,1-3H3,(H,13,19)(H,17,18). The predicted octanol–water partition coefficient (Wildman–Crippen LogP) is 0.467. The molecule has 1 aromatic rings. The van der Waals surface area contributed by atoms with Crippen molar-refractivity contribution in [2.45, 2.75) is 25.8 Å².